The molecule has 0 bridgehead atoms. The fraction of sp³-hybridized carbons (Fsp3) is 1.00. The van der Waals surface area contributed by atoms with E-state index in [0.29, 0.717) is 0 Å². The Balaban J connectivity index is 0. The molecular formula is C8F20HgSi. The summed E-state index contributed by atoms with van der Waals surface area (Å²) in [6.45, 7) is 0. The second-order valence-corrected chi connectivity index (χ2v) is 10.9. The fourth-order valence-corrected chi connectivity index (χ4v) is 3.05. The third-order valence-corrected chi connectivity index (χ3v) is 6.72. The predicted octanol–water partition coefficient (Wildman–Crippen LogP) is 6.38. The van der Waals surface area contributed by atoms with Crippen LogP contribution in [-0.4, -0.2) is 53.6 Å². The Morgan fingerprint density at radius 2 is 0.467 bits per heavy atom. The van der Waals surface area contributed by atoms with Gasteiger partial charge >= 0.3 is 102 Å². The molecular weight excluding hydrogens is 705 g/mol. The van der Waals surface area contributed by atoms with Crippen LogP contribution in [0, 0.1) is 0 Å². The molecule has 0 nitrogen and oxygen atoms in total. The molecule has 0 aromatic rings. The van der Waals surface area contributed by atoms with Crippen molar-refractivity contribution in [1.82, 2.24) is 0 Å². The van der Waals surface area contributed by atoms with Gasteiger partial charge in [-0.2, -0.15) is 39.5 Å². The van der Waals surface area contributed by atoms with Gasteiger partial charge in [-0.05, 0) is 0 Å². The van der Waals surface area contributed by atoms with Gasteiger partial charge in [0.1, 0.15) is 0 Å². The Morgan fingerprint density at radius 3 is 0.533 bits per heavy atom. The molecule has 0 aromatic heterocycles. The summed E-state index contributed by atoms with van der Waals surface area (Å²) in [5.74, 6) is 0. The zero-order chi connectivity index (χ0) is 25.6. The van der Waals surface area contributed by atoms with E-state index in [0.717, 1.165) is 0 Å². The molecule has 30 heavy (non-hydrogen) atoms. The van der Waals surface area contributed by atoms with Crippen LogP contribution in [0.15, 0.2) is 0 Å². The molecule has 0 heterocycles. The van der Waals surface area contributed by atoms with E-state index in [-0.39, 0.29) is 0 Å². The summed E-state index contributed by atoms with van der Waals surface area (Å²) >= 11 is -1.56. The quantitative estimate of drug-likeness (QED) is 0.237. The molecule has 0 unspecified atom stereocenters. The Labute approximate surface area is 168 Å². The van der Waals surface area contributed by atoms with Gasteiger partial charge in [0.2, 0.25) is 0 Å². The normalized spacial score (nSPS) is 15.8. The third kappa shape index (κ3) is 6.87. The fourth-order valence-electron chi connectivity index (χ4n) is 1.02. The number of alkyl halides is 20. The van der Waals surface area contributed by atoms with Crippen LogP contribution in [0.5, 0.6) is 0 Å². The van der Waals surface area contributed by atoms with E-state index in [1.807, 2.05) is 0 Å². The van der Waals surface area contributed by atoms with Gasteiger partial charge in [0, 0.05) is 0 Å². The van der Waals surface area contributed by atoms with Gasteiger partial charge in [0.15, 0.2) is 0 Å². The summed E-state index contributed by atoms with van der Waals surface area (Å²) in [6.07, 6.45) is -27.8. The molecule has 0 aliphatic carbocycles. The minimum atomic E-state index is -8.12. The van der Waals surface area contributed by atoms with Crippen molar-refractivity contribution in [2.75, 3.05) is 0 Å². The Kier molecular flexibility index (Phi) is 9.15. The van der Waals surface area contributed by atoms with E-state index in [1.54, 1.807) is 0 Å². The van der Waals surface area contributed by atoms with Crippen LogP contribution in [-0.2, 0) is 26.1 Å². The maximum absolute atomic E-state index is 12.6. The first-order valence-electron chi connectivity index (χ1n) is 5.88. The summed E-state index contributed by atoms with van der Waals surface area (Å²) in [5, 5.41) is 0. The van der Waals surface area contributed by atoms with Crippen molar-refractivity contribution >= 4 is 8.80 Å². The summed E-state index contributed by atoms with van der Waals surface area (Å²) in [6, 6.07) is 0. The molecule has 0 atom stereocenters. The van der Waals surface area contributed by atoms with Gasteiger partial charge in [0.05, 0.1) is 0 Å². The van der Waals surface area contributed by atoms with Crippen LogP contribution in [0.4, 0.5) is 87.8 Å². The van der Waals surface area contributed by atoms with Crippen molar-refractivity contribution < 1.29 is 114 Å². The molecule has 0 aliphatic heterocycles. The average Bonchev–Trinajstić information content (AvgIpc) is 2.30. The topological polar surface area (TPSA) is 0 Å². The first-order chi connectivity index (χ1) is 12.4. The van der Waals surface area contributed by atoms with Crippen LogP contribution >= 0.6 is 0 Å². The zero-order valence-corrected chi connectivity index (χ0v) is 19.3. The van der Waals surface area contributed by atoms with Crippen LogP contribution in [0.2, 0.25) is 0 Å². The van der Waals surface area contributed by atoms with Crippen molar-refractivity contribution in [2.24, 2.45) is 0 Å². The molecule has 0 saturated heterocycles. The Hall–Kier alpha value is -0.248. The molecule has 0 fully saturated rings. The molecule has 0 saturated carbocycles. The summed E-state index contributed by atoms with van der Waals surface area (Å²) < 4.78 is 232. The van der Waals surface area contributed by atoms with E-state index in [4.69, 9.17) is 0 Å². The minimum absolute atomic E-state index is 1.56. The van der Waals surface area contributed by atoms with Gasteiger partial charge < -0.3 is 0 Å². The van der Waals surface area contributed by atoms with E-state index in [9.17, 15) is 87.8 Å². The second kappa shape index (κ2) is 8.60. The van der Waals surface area contributed by atoms with E-state index in [1.165, 1.54) is 0 Å². The molecule has 1 radical (unpaired) electrons. The molecule has 0 N–H and O–H groups in total. The molecule has 0 spiro atoms. The predicted molar refractivity (Wildman–Crippen MR) is 49.8 cm³/mol. The zero-order valence-electron chi connectivity index (χ0n) is 12.8. The summed E-state index contributed by atoms with van der Waals surface area (Å²) in [4.78, 5) is 0. The Morgan fingerprint density at radius 1 is 0.333 bits per heavy atom. The van der Waals surface area contributed by atoms with Gasteiger partial charge in [-0.15, -0.1) is 0 Å². The van der Waals surface area contributed by atoms with Gasteiger partial charge in [-0.1, -0.05) is 0 Å². The van der Waals surface area contributed by atoms with E-state index >= 15 is 0 Å². The first-order valence-corrected chi connectivity index (χ1v) is 10.1. The van der Waals surface area contributed by atoms with Crippen LogP contribution in [0.3, 0.4) is 0 Å². The molecule has 22 heteroatoms. The van der Waals surface area contributed by atoms with E-state index in [2.05, 4.69) is 0 Å². The van der Waals surface area contributed by atoms with Gasteiger partial charge in [-0.25, -0.2) is 26.3 Å². The number of halogens is 20. The Bertz CT molecular complexity index is 482. The van der Waals surface area contributed by atoms with Crippen molar-refractivity contribution in [3.05, 3.63) is 0 Å². The van der Waals surface area contributed by atoms with Gasteiger partial charge in [-0.3, -0.25) is 0 Å². The average molecular weight is 705 g/mol. The standard InChI is InChI=1S/C6F15Si.C2F5.Hg/c7-1(8,9)4(16,17)22(5(18,19)2(10,11)12)6(20,21)3(13,14)15;3-1(4)2(5,6)7;. The maximum atomic E-state index is 12.6. The number of rotatable bonds is 3. The van der Waals surface area contributed by atoms with Crippen molar-refractivity contribution in [2.45, 2.75) is 44.8 Å². The summed E-state index contributed by atoms with van der Waals surface area (Å²) in [7, 11) is -8.12. The van der Waals surface area contributed by atoms with Crippen LogP contribution in [0.1, 0.15) is 0 Å². The molecule has 0 rings (SSSR count). The van der Waals surface area contributed by atoms with E-state index < -0.39 is 79.7 Å². The molecule has 0 aliphatic rings. The van der Waals surface area contributed by atoms with Crippen molar-refractivity contribution in [3.63, 3.8) is 0 Å². The summed E-state index contributed by atoms with van der Waals surface area (Å²) in [5.41, 5.74) is -22.8. The van der Waals surface area contributed by atoms with Crippen LogP contribution < -0.4 is 0 Å². The second-order valence-electron chi connectivity index (χ2n) is 4.79. The third-order valence-electron chi connectivity index (χ3n) is 2.42. The molecule has 0 amide bonds. The monoisotopic (exact) mass is 706 g/mol. The first kappa shape index (κ1) is 31.9. The molecule has 178 valence electrons. The SMILES string of the molecule is FC(F)(F)C(F)(F)[Si](C(F)(F)C(F)(F)F)C(F)(F)C(F)(F)F.FC(F)(F)[C](F)(F)[Hg]. The van der Waals surface area contributed by atoms with Gasteiger partial charge in [0.25, 0.3) is 0 Å². The van der Waals surface area contributed by atoms with Crippen molar-refractivity contribution in [3.8, 4) is 0 Å². The number of hydrogen-bond acceptors (Lipinski definition) is 0. The molecule has 0 aromatic carbocycles. The number of hydrogen-bond donors (Lipinski definition) is 0. The van der Waals surface area contributed by atoms with Crippen molar-refractivity contribution in [1.29, 1.82) is 0 Å². The van der Waals surface area contributed by atoms with Crippen LogP contribution in [0.25, 0.3) is 0 Å².